The van der Waals surface area contributed by atoms with Crippen molar-refractivity contribution < 1.29 is 4.42 Å². The van der Waals surface area contributed by atoms with Crippen LogP contribution in [-0.2, 0) is 19.4 Å². The molecule has 31 heavy (non-hydrogen) atoms. The summed E-state index contributed by atoms with van der Waals surface area (Å²) in [6, 6.07) is 14.8. The van der Waals surface area contributed by atoms with E-state index in [-0.39, 0.29) is 0 Å². The molecule has 0 aliphatic carbocycles. The first-order valence-corrected chi connectivity index (χ1v) is 11.9. The summed E-state index contributed by atoms with van der Waals surface area (Å²) >= 11 is 1.79. The van der Waals surface area contributed by atoms with Gasteiger partial charge in [-0.3, -0.25) is 14.9 Å². The van der Waals surface area contributed by atoms with Gasteiger partial charge >= 0.3 is 0 Å². The third kappa shape index (κ3) is 7.22. The van der Waals surface area contributed by atoms with Gasteiger partial charge in [0.15, 0.2) is 5.96 Å². The number of nitrogens with zero attached hydrogens (tertiary/aromatic N) is 3. The van der Waals surface area contributed by atoms with E-state index in [0.29, 0.717) is 6.04 Å². The van der Waals surface area contributed by atoms with Crippen LogP contribution in [0, 0.1) is 0 Å². The van der Waals surface area contributed by atoms with Crippen molar-refractivity contribution in [2.75, 3.05) is 26.2 Å². The van der Waals surface area contributed by atoms with Crippen molar-refractivity contribution in [3.63, 3.8) is 0 Å². The van der Waals surface area contributed by atoms with E-state index in [1.807, 2.05) is 24.4 Å². The molecule has 0 unspecified atom stereocenters. The van der Waals surface area contributed by atoms with Crippen molar-refractivity contribution in [1.29, 1.82) is 0 Å². The summed E-state index contributed by atoms with van der Waals surface area (Å²) < 4.78 is 5.45. The molecule has 3 aromatic heterocycles. The molecule has 4 heterocycles. The van der Waals surface area contributed by atoms with Gasteiger partial charge in [0, 0.05) is 62.7 Å². The molecule has 0 saturated carbocycles. The van der Waals surface area contributed by atoms with Crippen molar-refractivity contribution in [3.05, 3.63) is 76.6 Å². The van der Waals surface area contributed by atoms with Crippen molar-refractivity contribution >= 4 is 17.3 Å². The van der Waals surface area contributed by atoms with E-state index in [1.54, 1.807) is 17.6 Å². The number of likely N-dealkylation sites (tertiary alicyclic amines) is 1. The zero-order valence-corrected chi connectivity index (χ0v) is 18.7. The predicted octanol–water partition coefficient (Wildman–Crippen LogP) is 3.72. The van der Waals surface area contributed by atoms with Gasteiger partial charge in [0.05, 0.1) is 12.0 Å². The molecule has 0 amide bonds. The van der Waals surface area contributed by atoms with Gasteiger partial charge in [-0.2, -0.15) is 0 Å². The summed E-state index contributed by atoms with van der Waals surface area (Å²) in [5.41, 5.74) is 1.14. The zero-order chi connectivity index (χ0) is 21.1. The zero-order valence-electron chi connectivity index (χ0n) is 17.9. The van der Waals surface area contributed by atoms with Crippen LogP contribution in [0.1, 0.15) is 29.2 Å². The van der Waals surface area contributed by atoms with Crippen molar-refractivity contribution in [3.8, 4) is 0 Å². The third-order valence-electron chi connectivity index (χ3n) is 5.49. The Morgan fingerprint density at radius 3 is 2.81 bits per heavy atom. The summed E-state index contributed by atoms with van der Waals surface area (Å²) in [5, 5.41) is 9.29. The Kier molecular flexibility index (Phi) is 8.13. The van der Waals surface area contributed by atoms with Gasteiger partial charge in [-0.25, -0.2) is 0 Å². The van der Waals surface area contributed by atoms with Crippen LogP contribution in [0.3, 0.4) is 0 Å². The first kappa shape index (κ1) is 21.6. The standard InChI is InChI=1S/C24H31N5OS/c1-2-12-25-21(5-1)19-29-15-10-20(11-16-29)28-24(26-13-8-22-6-3-17-30-22)27-14-9-23-7-4-18-31-23/h1-7,12,17-18,20H,8-11,13-16,19H2,(H2,26,27,28). The highest BCUT2D eigenvalue weighted by Gasteiger charge is 2.20. The second kappa shape index (κ2) is 11.7. The molecule has 2 N–H and O–H groups in total. The quantitative estimate of drug-likeness (QED) is 0.395. The van der Waals surface area contributed by atoms with Crippen LogP contribution < -0.4 is 10.6 Å². The fraction of sp³-hybridized carbons (Fsp3) is 0.417. The molecule has 1 aliphatic rings. The van der Waals surface area contributed by atoms with E-state index in [2.05, 4.69) is 50.2 Å². The SMILES string of the molecule is c1ccc(CN2CCC(NC(=NCCc3cccs3)NCCc3ccco3)CC2)nc1. The second-order valence-corrected chi connectivity index (χ2v) is 8.86. The minimum absolute atomic E-state index is 0.441. The molecule has 1 saturated heterocycles. The summed E-state index contributed by atoms with van der Waals surface area (Å²) in [7, 11) is 0. The Morgan fingerprint density at radius 1 is 1.13 bits per heavy atom. The number of hydrogen-bond donors (Lipinski definition) is 2. The number of hydrogen-bond acceptors (Lipinski definition) is 5. The van der Waals surface area contributed by atoms with E-state index in [0.717, 1.165) is 75.8 Å². The van der Waals surface area contributed by atoms with Gasteiger partial charge in [-0.1, -0.05) is 12.1 Å². The van der Waals surface area contributed by atoms with Crippen molar-refractivity contribution in [2.24, 2.45) is 4.99 Å². The number of aromatic nitrogens is 1. The number of piperidine rings is 1. The number of nitrogens with one attached hydrogen (secondary N) is 2. The Bertz CT molecular complexity index is 887. The molecule has 0 spiro atoms. The van der Waals surface area contributed by atoms with Crippen LogP contribution in [0.25, 0.3) is 0 Å². The van der Waals surface area contributed by atoms with E-state index in [9.17, 15) is 0 Å². The highest BCUT2D eigenvalue weighted by molar-refractivity contribution is 7.09. The van der Waals surface area contributed by atoms with E-state index in [1.165, 1.54) is 4.88 Å². The summed E-state index contributed by atoms with van der Waals surface area (Å²) in [6.07, 6.45) is 7.64. The number of guanidine groups is 1. The Hall–Kier alpha value is -2.64. The van der Waals surface area contributed by atoms with E-state index < -0.39 is 0 Å². The van der Waals surface area contributed by atoms with Crippen LogP contribution in [0.15, 0.2) is 69.7 Å². The van der Waals surface area contributed by atoms with Gasteiger partial charge in [0.2, 0.25) is 0 Å². The molecule has 4 rings (SSSR count). The van der Waals surface area contributed by atoms with Gasteiger partial charge < -0.3 is 15.1 Å². The van der Waals surface area contributed by atoms with Crippen molar-refractivity contribution in [2.45, 2.75) is 38.3 Å². The largest absolute Gasteiger partial charge is 0.469 e. The molecule has 0 radical (unpaired) electrons. The van der Waals surface area contributed by atoms with Gasteiger partial charge in [-0.15, -0.1) is 11.3 Å². The van der Waals surface area contributed by atoms with Crippen LogP contribution in [0.2, 0.25) is 0 Å². The summed E-state index contributed by atoms with van der Waals surface area (Å²) in [5.74, 6) is 1.90. The minimum atomic E-state index is 0.441. The molecule has 0 aromatic carbocycles. The minimum Gasteiger partial charge on any atom is -0.469 e. The molecular weight excluding hydrogens is 406 g/mol. The van der Waals surface area contributed by atoms with Crippen LogP contribution in [-0.4, -0.2) is 48.1 Å². The molecule has 1 fully saturated rings. The average Bonchev–Trinajstić information content (AvgIpc) is 3.50. The Balaban J connectivity index is 1.26. The fourth-order valence-corrected chi connectivity index (χ4v) is 4.49. The topological polar surface area (TPSA) is 65.7 Å². The number of rotatable bonds is 9. The lowest BCUT2D eigenvalue weighted by Crippen LogP contribution is -2.49. The number of thiophene rings is 1. The average molecular weight is 438 g/mol. The maximum atomic E-state index is 5.45. The monoisotopic (exact) mass is 437 g/mol. The molecule has 3 aromatic rings. The van der Waals surface area contributed by atoms with Crippen LogP contribution in [0.5, 0.6) is 0 Å². The van der Waals surface area contributed by atoms with Gasteiger partial charge in [0.1, 0.15) is 5.76 Å². The first-order valence-electron chi connectivity index (χ1n) is 11.1. The number of furan rings is 1. The molecule has 164 valence electrons. The molecule has 7 heteroatoms. The third-order valence-corrected chi connectivity index (χ3v) is 6.43. The van der Waals surface area contributed by atoms with E-state index in [4.69, 9.17) is 9.41 Å². The number of aliphatic imine (C=N–C) groups is 1. The summed E-state index contributed by atoms with van der Waals surface area (Å²) in [4.78, 5) is 13.2. The molecular formula is C24H31N5OS. The van der Waals surface area contributed by atoms with Crippen molar-refractivity contribution in [1.82, 2.24) is 20.5 Å². The molecule has 1 aliphatic heterocycles. The lowest BCUT2D eigenvalue weighted by Gasteiger charge is -2.33. The normalized spacial score (nSPS) is 15.8. The van der Waals surface area contributed by atoms with Gasteiger partial charge in [0.25, 0.3) is 0 Å². The predicted molar refractivity (Wildman–Crippen MR) is 126 cm³/mol. The number of pyridine rings is 1. The highest BCUT2D eigenvalue weighted by atomic mass is 32.1. The maximum absolute atomic E-state index is 5.45. The van der Waals surface area contributed by atoms with Gasteiger partial charge in [-0.05, 0) is 48.6 Å². The summed E-state index contributed by atoms with van der Waals surface area (Å²) in [6.45, 7) is 4.66. The van der Waals surface area contributed by atoms with E-state index >= 15 is 0 Å². The Labute approximate surface area is 188 Å². The maximum Gasteiger partial charge on any atom is 0.191 e. The molecule has 6 nitrogen and oxygen atoms in total. The molecule has 0 bridgehead atoms. The lowest BCUT2D eigenvalue weighted by atomic mass is 10.0. The second-order valence-electron chi connectivity index (χ2n) is 7.83. The van der Waals surface area contributed by atoms with Crippen LogP contribution in [0.4, 0.5) is 0 Å². The smallest absolute Gasteiger partial charge is 0.191 e. The van der Waals surface area contributed by atoms with Crippen LogP contribution >= 0.6 is 11.3 Å². The first-order chi connectivity index (χ1) is 15.3. The highest BCUT2D eigenvalue weighted by Crippen LogP contribution is 2.13. The fourth-order valence-electron chi connectivity index (χ4n) is 3.79. The molecule has 0 atom stereocenters. The Morgan fingerprint density at radius 2 is 2.06 bits per heavy atom. The lowest BCUT2D eigenvalue weighted by molar-refractivity contribution is 0.196.